The van der Waals surface area contributed by atoms with Crippen LogP contribution < -0.4 is 14.8 Å². The van der Waals surface area contributed by atoms with Crippen LogP contribution in [0.2, 0.25) is 0 Å². The molecule has 0 saturated heterocycles. The number of benzene rings is 3. The third-order valence-corrected chi connectivity index (χ3v) is 5.70. The molecule has 0 unspecified atom stereocenters. The first-order chi connectivity index (χ1) is 14.4. The van der Waals surface area contributed by atoms with Gasteiger partial charge in [0, 0.05) is 17.8 Å². The van der Waals surface area contributed by atoms with Crippen LogP contribution in [0.15, 0.2) is 78.9 Å². The summed E-state index contributed by atoms with van der Waals surface area (Å²) < 4.78 is 31.4. The van der Waals surface area contributed by atoms with E-state index in [9.17, 15) is 13.2 Å². The van der Waals surface area contributed by atoms with Crippen LogP contribution in [-0.2, 0) is 21.2 Å². The number of sulfonamides is 1. The second-order valence-corrected chi connectivity index (χ2v) is 8.70. The Morgan fingerprint density at radius 2 is 1.50 bits per heavy atom. The van der Waals surface area contributed by atoms with Crippen molar-refractivity contribution in [1.82, 2.24) is 0 Å². The van der Waals surface area contributed by atoms with E-state index in [1.54, 1.807) is 31.2 Å². The number of para-hydroxylation sites is 1. The molecule has 156 valence electrons. The molecule has 1 amide bonds. The number of hydrogen-bond donors (Lipinski definition) is 2. The Morgan fingerprint density at radius 3 is 2.20 bits per heavy atom. The van der Waals surface area contributed by atoms with Crippen molar-refractivity contribution in [3.8, 4) is 5.75 Å². The van der Waals surface area contributed by atoms with Crippen molar-refractivity contribution in [3.63, 3.8) is 0 Å². The Hall–Kier alpha value is -3.32. The van der Waals surface area contributed by atoms with Crippen molar-refractivity contribution in [1.29, 1.82) is 0 Å². The number of carbonyl (C=O) groups excluding carboxylic acids is 1. The molecular weight excluding hydrogens is 400 g/mol. The molecule has 0 spiro atoms. The molecular formula is C23H24N2O4S. The van der Waals surface area contributed by atoms with Crippen molar-refractivity contribution >= 4 is 27.3 Å². The Labute approximate surface area is 177 Å². The van der Waals surface area contributed by atoms with Crippen LogP contribution in [0.3, 0.4) is 0 Å². The van der Waals surface area contributed by atoms with E-state index < -0.39 is 10.0 Å². The predicted molar refractivity (Wildman–Crippen MR) is 119 cm³/mol. The van der Waals surface area contributed by atoms with Gasteiger partial charge in [0.05, 0.1) is 5.75 Å². The molecule has 0 bridgehead atoms. The molecule has 7 heteroatoms. The molecule has 0 saturated carbocycles. The molecule has 0 aliphatic rings. The van der Waals surface area contributed by atoms with Gasteiger partial charge in [0.15, 0.2) is 6.61 Å². The molecule has 3 aromatic rings. The van der Waals surface area contributed by atoms with Crippen LogP contribution in [0, 0.1) is 0 Å². The molecule has 3 aromatic carbocycles. The lowest BCUT2D eigenvalue weighted by Crippen LogP contribution is -2.20. The lowest BCUT2D eigenvalue weighted by atomic mass is 10.0. The number of amides is 1. The number of hydrogen-bond acceptors (Lipinski definition) is 4. The maximum absolute atomic E-state index is 12.3. The van der Waals surface area contributed by atoms with Crippen LogP contribution >= 0.6 is 0 Å². The van der Waals surface area contributed by atoms with E-state index in [4.69, 9.17) is 4.74 Å². The first-order valence-electron chi connectivity index (χ1n) is 9.60. The van der Waals surface area contributed by atoms with Gasteiger partial charge in [-0.2, -0.15) is 0 Å². The fraction of sp³-hybridized carbons (Fsp3) is 0.174. The maximum atomic E-state index is 12.3. The lowest BCUT2D eigenvalue weighted by molar-refractivity contribution is -0.118. The summed E-state index contributed by atoms with van der Waals surface area (Å²) in [5, 5.41) is 2.74. The normalized spacial score (nSPS) is 11.0. The Morgan fingerprint density at radius 1 is 0.867 bits per heavy atom. The molecule has 30 heavy (non-hydrogen) atoms. The quantitative estimate of drug-likeness (QED) is 0.543. The summed E-state index contributed by atoms with van der Waals surface area (Å²) >= 11 is 0. The van der Waals surface area contributed by atoms with Crippen LogP contribution in [0.5, 0.6) is 5.75 Å². The van der Waals surface area contributed by atoms with Crippen LogP contribution in [-0.4, -0.2) is 26.7 Å². The van der Waals surface area contributed by atoms with E-state index in [0.717, 1.165) is 11.1 Å². The number of nitrogens with one attached hydrogen (secondary N) is 2. The zero-order chi connectivity index (χ0) is 21.4. The van der Waals surface area contributed by atoms with Crippen LogP contribution in [0.1, 0.15) is 18.1 Å². The maximum Gasteiger partial charge on any atom is 0.262 e. The summed E-state index contributed by atoms with van der Waals surface area (Å²) in [5.41, 5.74) is 3.17. The van der Waals surface area contributed by atoms with Gasteiger partial charge in [-0.15, -0.1) is 0 Å². The molecule has 0 aliphatic carbocycles. The van der Waals surface area contributed by atoms with Gasteiger partial charge in [0.2, 0.25) is 10.0 Å². The van der Waals surface area contributed by atoms with Gasteiger partial charge in [-0.3, -0.25) is 9.52 Å². The standard InChI is InChI=1S/C23H24N2O4S/c1-2-30(27,28)25-21-14-12-20(13-15-21)24-23(26)17-29-22-11-7-6-10-19(22)16-18-8-4-3-5-9-18/h3-15,25H,2,16-17H2,1H3,(H,24,26). The minimum absolute atomic E-state index is 0.00538. The predicted octanol–water partition coefficient (Wildman–Crippen LogP) is 4.06. The highest BCUT2D eigenvalue weighted by atomic mass is 32.2. The van der Waals surface area contributed by atoms with E-state index >= 15 is 0 Å². The summed E-state index contributed by atoms with van der Waals surface area (Å²) in [7, 11) is -3.33. The molecule has 0 radical (unpaired) electrons. The molecule has 0 aliphatic heterocycles. The van der Waals surface area contributed by atoms with Crippen molar-refractivity contribution in [3.05, 3.63) is 90.0 Å². The van der Waals surface area contributed by atoms with Crippen LogP contribution in [0.25, 0.3) is 0 Å². The first-order valence-corrected chi connectivity index (χ1v) is 11.3. The molecule has 0 fully saturated rings. The third kappa shape index (κ3) is 6.35. The zero-order valence-corrected chi connectivity index (χ0v) is 17.5. The smallest absolute Gasteiger partial charge is 0.262 e. The van der Waals surface area contributed by atoms with Gasteiger partial charge < -0.3 is 10.1 Å². The summed E-state index contributed by atoms with van der Waals surface area (Å²) in [6, 6.07) is 24.2. The van der Waals surface area contributed by atoms with Gasteiger partial charge >= 0.3 is 0 Å². The Bertz CT molecular complexity index is 1080. The van der Waals surface area contributed by atoms with Crippen LogP contribution in [0.4, 0.5) is 11.4 Å². The second-order valence-electron chi connectivity index (χ2n) is 6.69. The van der Waals surface area contributed by atoms with Crippen molar-refractivity contribution in [2.45, 2.75) is 13.3 Å². The largest absolute Gasteiger partial charge is 0.483 e. The minimum Gasteiger partial charge on any atom is -0.483 e. The van der Waals surface area contributed by atoms with Gasteiger partial charge in [-0.05, 0) is 48.4 Å². The molecule has 3 rings (SSSR count). The summed E-state index contributed by atoms with van der Waals surface area (Å²) in [4.78, 5) is 12.3. The molecule has 0 atom stereocenters. The minimum atomic E-state index is -3.33. The number of anilines is 2. The average molecular weight is 425 g/mol. The van der Waals surface area contributed by atoms with E-state index in [0.29, 0.717) is 23.5 Å². The van der Waals surface area contributed by atoms with Gasteiger partial charge in [0.25, 0.3) is 5.91 Å². The number of carbonyl (C=O) groups is 1. The average Bonchev–Trinajstić information content (AvgIpc) is 2.75. The zero-order valence-electron chi connectivity index (χ0n) is 16.7. The van der Waals surface area contributed by atoms with Gasteiger partial charge in [0.1, 0.15) is 5.75 Å². The topological polar surface area (TPSA) is 84.5 Å². The molecule has 2 N–H and O–H groups in total. The van der Waals surface area contributed by atoms with Crippen molar-refractivity contribution < 1.29 is 17.9 Å². The number of ether oxygens (including phenoxy) is 1. The first kappa shape index (κ1) is 21.4. The van der Waals surface area contributed by atoms with E-state index in [2.05, 4.69) is 10.0 Å². The fourth-order valence-electron chi connectivity index (χ4n) is 2.82. The summed E-state index contributed by atoms with van der Waals surface area (Å²) in [5.74, 6) is 0.362. The summed E-state index contributed by atoms with van der Waals surface area (Å²) in [6.07, 6.45) is 0.716. The highest BCUT2D eigenvalue weighted by molar-refractivity contribution is 7.92. The van der Waals surface area contributed by atoms with E-state index in [1.807, 2.05) is 54.6 Å². The second kappa shape index (κ2) is 9.93. The Balaban J connectivity index is 1.56. The monoisotopic (exact) mass is 424 g/mol. The number of rotatable bonds is 9. The highest BCUT2D eigenvalue weighted by Gasteiger charge is 2.09. The lowest BCUT2D eigenvalue weighted by Gasteiger charge is -2.12. The Kier molecular flexibility index (Phi) is 7.08. The molecule has 6 nitrogen and oxygen atoms in total. The third-order valence-electron chi connectivity index (χ3n) is 4.39. The van der Waals surface area contributed by atoms with E-state index in [-0.39, 0.29) is 18.3 Å². The SMILES string of the molecule is CCS(=O)(=O)Nc1ccc(NC(=O)COc2ccccc2Cc2ccccc2)cc1. The fourth-order valence-corrected chi connectivity index (χ4v) is 3.46. The van der Waals surface area contributed by atoms with E-state index in [1.165, 1.54) is 0 Å². The molecule has 0 heterocycles. The highest BCUT2D eigenvalue weighted by Crippen LogP contribution is 2.21. The van der Waals surface area contributed by atoms with Crippen molar-refractivity contribution in [2.75, 3.05) is 22.4 Å². The molecule has 0 aromatic heterocycles. The van der Waals surface area contributed by atoms with Gasteiger partial charge in [-0.25, -0.2) is 8.42 Å². The van der Waals surface area contributed by atoms with Gasteiger partial charge in [-0.1, -0.05) is 48.5 Å². The van der Waals surface area contributed by atoms with Crippen molar-refractivity contribution in [2.24, 2.45) is 0 Å². The summed E-state index contributed by atoms with van der Waals surface area (Å²) in [6.45, 7) is 1.44.